The molecule has 4 rings (SSSR count). The van der Waals surface area contributed by atoms with Gasteiger partial charge in [0.05, 0.1) is 6.61 Å². The van der Waals surface area contributed by atoms with E-state index in [-0.39, 0.29) is 22.3 Å². The second-order valence-corrected chi connectivity index (χ2v) is 7.45. The average Bonchev–Trinajstić information content (AvgIpc) is 2.76. The SMILES string of the molecule is O=c1c(O[C@@H]2OC(CO)C(O)[C@@H](O)[C@@H]2O)c(-c2ccc(O)c(O)c2)oc2cc(O)cc(O)c12. The number of phenols is 4. The minimum Gasteiger partial charge on any atom is -0.508 e. The van der Waals surface area contributed by atoms with Gasteiger partial charge in [0.15, 0.2) is 17.3 Å². The lowest BCUT2D eigenvalue weighted by Crippen LogP contribution is -2.60. The summed E-state index contributed by atoms with van der Waals surface area (Å²) in [5.41, 5.74) is -1.19. The molecule has 0 radical (unpaired) electrons. The highest BCUT2D eigenvalue weighted by Crippen LogP contribution is 2.39. The maximum Gasteiger partial charge on any atom is 0.239 e. The summed E-state index contributed by atoms with van der Waals surface area (Å²) < 4.78 is 16.5. The van der Waals surface area contributed by atoms with E-state index >= 15 is 0 Å². The molecular weight excluding hydrogens is 444 g/mol. The van der Waals surface area contributed by atoms with Gasteiger partial charge in [0.2, 0.25) is 17.5 Å². The van der Waals surface area contributed by atoms with Crippen molar-refractivity contribution >= 4 is 11.0 Å². The predicted molar refractivity (Wildman–Crippen MR) is 109 cm³/mol. The molecule has 8 N–H and O–H groups in total. The van der Waals surface area contributed by atoms with Crippen molar-refractivity contribution in [1.82, 2.24) is 0 Å². The van der Waals surface area contributed by atoms with Crippen molar-refractivity contribution in [3.05, 3.63) is 40.6 Å². The van der Waals surface area contributed by atoms with E-state index in [1.807, 2.05) is 0 Å². The first-order chi connectivity index (χ1) is 15.6. The number of hydrogen-bond donors (Lipinski definition) is 8. The van der Waals surface area contributed by atoms with Gasteiger partial charge in [-0.05, 0) is 18.2 Å². The van der Waals surface area contributed by atoms with Gasteiger partial charge in [-0.2, -0.15) is 0 Å². The molecule has 1 aromatic heterocycles. The third-order valence-electron chi connectivity index (χ3n) is 5.24. The van der Waals surface area contributed by atoms with Crippen LogP contribution in [0.4, 0.5) is 0 Å². The van der Waals surface area contributed by atoms with Gasteiger partial charge < -0.3 is 54.7 Å². The predicted octanol–water partition coefficient (Wildman–Crippen LogP) is -0.539. The number of aromatic hydroxyl groups is 4. The molecule has 0 bridgehead atoms. The van der Waals surface area contributed by atoms with Crippen molar-refractivity contribution in [3.63, 3.8) is 0 Å². The van der Waals surface area contributed by atoms with Gasteiger partial charge in [-0.25, -0.2) is 0 Å². The van der Waals surface area contributed by atoms with Crippen LogP contribution in [-0.4, -0.2) is 78.2 Å². The van der Waals surface area contributed by atoms with E-state index in [1.165, 1.54) is 6.07 Å². The lowest BCUT2D eigenvalue weighted by atomic mass is 9.99. The molecular formula is C21H20O12. The molecule has 176 valence electrons. The molecule has 1 aliphatic rings. The minimum absolute atomic E-state index is 0.0201. The molecule has 2 aromatic carbocycles. The van der Waals surface area contributed by atoms with Crippen LogP contribution in [0.2, 0.25) is 0 Å². The first-order valence-electron chi connectivity index (χ1n) is 9.64. The van der Waals surface area contributed by atoms with Crippen LogP contribution in [0.25, 0.3) is 22.3 Å². The summed E-state index contributed by atoms with van der Waals surface area (Å²) >= 11 is 0. The van der Waals surface area contributed by atoms with Crippen molar-refractivity contribution < 1.29 is 54.7 Å². The Labute approximate surface area is 184 Å². The van der Waals surface area contributed by atoms with Crippen LogP contribution in [0.1, 0.15) is 0 Å². The number of benzene rings is 2. The fourth-order valence-electron chi connectivity index (χ4n) is 3.51. The highest BCUT2D eigenvalue weighted by atomic mass is 16.7. The highest BCUT2D eigenvalue weighted by Gasteiger charge is 2.45. The van der Waals surface area contributed by atoms with Crippen LogP contribution in [0.5, 0.6) is 28.7 Å². The minimum atomic E-state index is -1.85. The van der Waals surface area contributed by atoms with Gasteiger partial charge in [-0.15, -0.1) is 0 Å². The van der Waals surface area contributed by atoms with Gasteiger partial charge in [-0.1, -0.05) is 0 Å². The van der Waals surface area contributed by atoms with Gasteiger partial charge in [0.25, 0.3) is 0 Å². The molecule has 5 atom stereocenters. The van der Waals surface area contributed by atoms with Crippen molar-refractivity contribution in [1.29, 1.82) is 0 Å². The molecule has 0 saturated carbocycles. The summed E-state index contributed by atoms with van der Waals surface area (Å²) in [5.74, 6) is -3.05. The van der Waals surface area contributed by atoms with E-state index in [1.54, 1.807) is 0 Å². The summed E-state index contributed by atoms with van der Waals surface area (Å²) in [6.07, 6.45) is -8.40. The Morgan fingerprint density at radius 3 is 2.27 bits per heavy atom. The first-order valence-corrected chi connectivity index (χ1v) is 9.64. The molecule has 2 heterocycles. The Morgan fingerprint density at radius 1 is 0.879 bits per heavy atom. The third-order valence-corrected chi connectivity index (χ3v) is 5.24. The molecule has 0 aliphatic carbocycles. The van der Waals surface area contributed by atoms with Gasteiger partial charge in [-0.3, -0.25) is 4.79 Å². The number of rotatable bonds is 4. The van der Waals surface area contributed by atoms with Gasteiger partial charge >= 0.3 is 0 Å². The number of aliphatic hydroxyl groups excluding tert-OH is 4. The zero-order chi connectivity index (χ0) is 24.0. The second-order valence-electron chi connectivity index (χ2n) is 7.45. The van der Waals surface area contributed by atoms with Crippen molar-refractivity contribution in [2.24, 2.45) is 0 Å². The van der Waals surface area contributed by atoms with Gasteiger partial charge in [0.1, 0.15) is 46.9 Å². The topological polar surface area (TPSA) is 211 Å². The number of phenolic OH excluding ortho intramolecular Hbond substituents is 4. The zero-order valence-corrected chi connectivity index (χ0v) is 16.7. The highest BCUT2D eigenvalue weighted by molar-refractivity contribution is 5.88. The van der Waals surface area contributed by atoms with Crippen LogP contribution in [-0.2, 0) is 4.74 Å². The van der Waals surface area contributed by atoms with Crippen LogP contribution >= 0.6 is 0 Å². The van der Waals surface area contributed by atoms with E-state index in [4.69, 9.17) is 13.9 Å². The Bertz CT molecular complexity index is 1250. The summed E-state index contributed by atoms with van der Waals surface area (Å²) in [5, 5.41) is 78.7. The summed E-state index contributed by atoms with van der Waals surface area (Å²) in [6, 6.07) is 5.36. The quantitative estimate of drug-likeness (QED) is 0.229. The van der Waals surface area contributed by atoms with E-state index in [0.29, 0.717) is 0 Å². The number of ether oxygens (including phenoxy) is 2. The fraction of sp³-hybridized carbons (Fsp3) is 0.286. The smallest absolute Gasteiger partial charge is 0.239 e. The normalized spacial score (nSPS) is 25.3. The third kappa shape index (κ3) is 3.90. The molecule has 1 fully saturated rings. The Morgan fingerprint density at radius 2 is 1.61 bits per heavy atom. The van der Waals surface area contributed by atoms with Gasteiger partial charge in [0, 0.05) is 17.7 Å². The number of aliphatic hydroxyl groups is 4. The van der Waals surface area contributed by atoms with Crippen molar-refractivity contribution in [3.8, 4) is 40.1 Å². The summed E-state index contributed by atoms with van der Waals surface area (Å²) in [6.45, 7) is -0.740. The maximum absolute atomic E-state index is 13.2. The van der Waals surface area contributed by atoms with E-state index in [2.05, 4.69) is 0 Å². The maximum atomic E-state index is 13.2. The monoisotopic (exact) mass is 464 g/mol. The lowest BCUT2D eigenvalue weighted by Gasteiger charge is -2.39. The second kappa shape index (κ2) is 8.42. The molecule has 0 spiro atoms. The Hall–Kier alpha value is -3.55. The Kier molecular flexibility index (Phi) is 5.78. The largest absolute Gasteiger partial charge is 0.508 e. The van der Waals surface area contributed by atoms with Crippen LogP contribution in [0, 0.1) is 0 Å². The standard InChI is InChI=1S/C21H20O12/c22-6-13-15(27)17(29)18(30)21(32-13)33-20-16(28)14-11(26)4-8(23)5-12(14)31-19(20)7-1-2-9(24)10(25)3-7/h1-5,13,15,17-18,21-27,29-30H,6H2/t13?,15?,17-,18+,21+/m1/s1. The molecule has 1 aliphatic heterocycles. The van der Waals surface area contributed by atoms with Crippen molar-refractivity contribution in [2.75, 3.05) is 6.61 Å². The Balaban J connectivity index is 1.91. The fourth-order valence-corrected chi connectivity index (χ4v) is 3.51. The van der Waals surface area contributed by atoms with Crippen LogP contribution < -0.4 is 10.2 Å². The van der Waals surface area contributed by atoms with Crippen LogP contribution in [0.3, 0.4) is 0 Å². The average molecular weight is 464 g/mol. The van der Waals surface area contributed by atoms with E-state index in [9.17, 15) is 45.6 Å². The molecule has 3 aromatic rings. The zero-order valence-electron chi connectivity index (χ0n) is 16.7. The molecule has 12 nitrogen and oxygen atoms in total. The molecule has 12 heteroatoms. The molecule has 2 unspecified atom stereocenters. The lowest BCUT2D eigenvalue weighted by molar-refractivity contribution is -0.277. The summed E-state index contributed by atoms with van der Waals surface area (Å²) in [7, 11) is 0. The van der Waals surface area contributed by atoms with E-state index < -0.39 is 71.5 Å². The molecule has 1 saturated heterocycles. The van der Waals surface area contributed by atoms with E-state index in [0.717, 1.165) is 24.3 Å². The number of hydrogen-bond acceptors (Lipinski definition) is 12. The van der Waals surface area contributed by atoms with Crippen LogP contribution in [0.15, 0.2) is 39.5 Å². The summed E-state index contributed by atoms with van der Waals surface area (Å²) in [4.78, 5) is 13.2. The first kappa shape index (κ1) is 22.6. The molecule has 33 heavy (non-hydrogen) atoms. The van der Waals surface area contributed by atoms with Crippen molar-refractivity contribution in [2.45, 2.75) is 30.7 Å². The molecule has 0 amide bonds. The number of fused-ring (bicyclic) bond motifs is 1.